The van der Waals surface area contributed by atoms with E-state index in [2.05, 4.69) is 34.6 Å². The normalized spacial score (nSPS) is 12.8. The van der Waals surface area contributed by atoms with Crippen molar-refractivity contribution in [2.45, 2.75) is 475 Å². The molecule has 19 heteroatoms. The van der Waals surface area contributed by atoms with Crippen LogP contribution < -0.4 is 0 Å². The Kier molecular flexibility index (Phi) is 59.8. The van der Waals surface area contributed by atoms with Gasteiger partial charge in [0.25, 0.3) is 0 Å². The first-order valence-electron chi connectivity index (χ1n) is 42.8. The van der Waals surface area contributed by atoms with Crippen LogP contribution in [0.25, 0.3) is 0 Å². The molecule has 1 aromatic rings. The highest BCUT2D eigenvalue weighted by Crippen LogP contribution is 2.47. The van der Waals surface area contributed by atoms with E-state index in [-0.39, 0.29) is 45.1 Å². The van der Waals surface area contributed by atoms with Crippen molar-refractivity contribution in [3.05, 3.63) is 0 Å². The third-order valence-corrected chi connectivity index (χ3v) is 32.7. The molecule has 0 aliphatic carbocycles. The van der Waals surface area contributed by atoms with Gasteiger partial charge >= 0.3 is 0 Å². The maximum atomic E-state index is 16.1. The predicted molar refractivity (Wildman–Crippen MR) is 430 cm³/mol. The largest absolute Gasteiger partial charge is 0.396 e. The zero-order valence-corrected chi connectivity index (χ0v) is 70.9. The van der Waals surface area contributed by atoms with Crippen molar-refractivity contribution in [2.75, 3.05) is 41.1 Å². The maximum Gasteiger partial charge on any atom is 0.181 e. The van der Waals surface area contributed by atoms with Gasteiger partial charge in [-0.15, -0.1) is 0 Å². The van der Waals surface area contributed by atoms with Gasteiger partial charge in [-0.05, 0) is 44.9 Å². The van der Waals surface area contributed by atoms with Gasteiger partial charge in [-0.1, -0.05) is 401 Å². The van der Waals surface area contributed by atoms with E-state index >= 15 is 50.5 Å². The fourth-order valence-electron chi connectivity index (χ4n) is 14.3. The molecule has 0 aromatic heterocycles. The molecule has 0 fully saturated rings. The minimum absolute atomic E-state index is 0.0423. The lowest BCUT2D eigenvalue weighted by Crippen LogP contribution is -2.30. The van der Waals surface area contributed by atoms with Gasteiger partial charge in [-0.2, -0.15) is 0 Å². The summed E-state index contributed by atoms with van der Waals surface area (Å²) in [6.07, 6.45) is 53.3. The molecular weight excluding hydrogens is 1390 g/mol. The summed E-state index contributed by atoms with van der Waals surface area (Å²) >= 11 is 0. The molecule has 101 heavy (non-hydrogen) atoms. The topological polar surface area (TPSA) is 225 Å². The molecule has 0 aliphatic rings. The first-order chi connectivity index (χ1) is 48.6. The molecule has 0 unspecified atom stereocenters. The highest BCUT2D eigenvalue weighted by molar-refractivity contribution is 7.99. The van der Waals surface area contributed by atoms with E-state index in [1.165, 1.54) is 64.2 Å². The smallest absolute Gasteiger partial charge is 0.181 e. The number of sulfone groups is 6. The van der Waals surface area contributed by atoms with Crippen LogP contribution in [0, 0.1) is 0 Å². The van der Waals surface area contributed by atoms with Crippen molar-refractivity contribution < 1.29 is 55.6 Å². The maximum absolute atomic E-state index is 16.1. The summed E-state index contributed by atoms with van der Waals surface area (Å²) in [4.78, 5) is -8.08. The van der Waals surface area contributed by atoms with Gasteiger partial charge in [0, 0.05) is 6.61 Å². The van der Waals surface area contributed by atoms with Crippen LogP contribution in [0.3, 0.4) is 0 Å². The van der Waals surface area contributed by atoms with Crippen LogP contribution in [0.1, 0.15) is 446 Å². The van der Waals surface area contributed by atoms with Crippen LogP contribution in [0.5, 0.6) is 0 Å². The SMILES string of the molecule is CCCCCCCCCCCCCS(=O)(=O)c1c(S(=O)(=O)CCCCCCCCCCCO)c(S(=O)(=O)CCCCCCCCCCCCC)c(S(=O)(=O)CCCCCCCCCCCCC)c(S(=O)(=O)CCCCCCCCCCCCC)c1S(=O)(=O)CCCCCCCCCCCCC. The molecule has 0 saturated carbocycles. The summed E-state index contributed by atoms with van der Waals surface area (Å²) < 4.78 is 193. The standard InChI is InChI=1S/C82H158O13S6/c1-6-11-16-21-26-31-36-43-50-57-64-71-96(84,85)77-78(97(86,87)72-65-58-51-44-37-32-27-22-17-12-7-2)80(99(90,91)74-67-60-53-46-39-34-29-24-19-14-9-4)82(101(94,95)76-69-62-55-48-41-42-49-56-63-70-83)81(100(92,93)75-68-61-54-47-40-35-30-25-20-15-10-5)79(77)98(88,89)73-66-59-52-45-38-33-28-23-18-13-8-3/h83H,6-76H2,1-5H3. The van der Waals surface area contributed by atoms with Gasteiger partial charge in [0.2, 0.25) is 0 Å². The molecule has 0 bridgehead atoms. The van der Waals surface area contributed by atoms with Crippen molar-refractivity contribution in [1.82, 2.24) is 0 Å². The Bertz CT molecular complexity index is 2650. The molecule has 1 N–H and O–H groups in total. The van der Waals surface area contributed by atoms with E-state index in [1.54, 1.807) is 0 Å². The number of rotatable bonds is 77. The Morgan fingerprint density at radius 3 is 0.337 bits per heavy atom. The third kappa shape index (κ3) is 46.1. The Morgan fingerprint density at radius 2 is 0.238 bits per heavy atom. The molecule has 0 heterocycles. The van der Waals surface area contributed by atoms with Crippen LogP contribution in [0.15, 0.2) is 29.4 Å². The Balaban J connectivity index is 4.63. The average molecular weight is 1540 g/mol. The molecule has 0 aliphatic heterocycles. The third-order valence-electron chi connectivity index (χ3n) is 20.8. The second-order valence-corrected chi connectivity index (χ2v) is 42.7. The van der Waals surface area contributed by atoms with Gasteiger partial charge < -0.3 is 5.11 Å². The Morgan fingerprint density at radius 1 is 0.149 bits per heavy atom. The highest BCUT2D eigenvalue weighted by atomic mass is 32.2. The first-order valence-corrected chi connectivity index (χ1v) is 52.7. The fourth-order valence-corrected chi connectivity index (χ4v) is 28.7. The summed E-state index contributed by atoms with van der Waals surface area (Å²) in [5.41, 5.74) is 0. The highest BCUT2D eigenvalue weighted by Gasteiger charge is 2.49. The molecule has 1 aromatic carbocycles. The number of hydrogen-bond donors (Lipinski definition) is 1. The number of unbranched alkanes of at least 4 members (excludes halogenated alkanes) is 58. The van der Waals surface area contributed by atoms with Crippen molar-refractivity contribution >= 4 is 59.0 Å². The van der Waals surface area contributed by atoms with Gasteiger partial charge in [0.1, 0.15) is 29.4 Å². The second-order valence-electron chi connectivity index (χ2n) is 30.5. The molecular formula is C82H158O13S6. The molecule has 0 atom stereocenters. The van der Waals surface area contributed by atoms with Crippen molar-refractivity contribution in [3.63, 3.8) is 0 Å². The summed E-state index contributed by atoms with van der Waals surface area (Å²) in [6.45, 7) is 11.0. The van der Waals surface area contributed by atoms with Crippen molar-refractivity contribution in [2.24, 2.45) is 0 Å². The van der Waals surface area contributed by atoms with Crippen LogP contribution >= 0.6 is 0 Å². The zero-order valence-electron chi connectivity index (χ0n) is 66.0. The van der Waals surface area contributed by atoms with E-state index in [9.17, 15) is 5.11 Å². The van der Waals surface area contributed by atoms with Crippen LogP contribution in [0.4, 0.5) is 0 Å². The number of hydrogen-bond acceptors (Lipinski definition) is 13. The monoisotopic (exact) mass is 1540 g/mol. The molecule has 0 radical (unpaired) electrons. The van der Waals surface area contributed by atoms with Gasteiger partial charge in [-0.3, -0.25) is 0 Å². The lowest BCUT2D eigenvalue weighted by atomic mass is 10.1. The lowest BCUT2D eigenvalue weighted by Gasteiger charge is -2.26. The van der Waals surface area contributed by atoms with Gasteiger partial charge in [0.15, 0.2) is 59.0 Å². The Labute approximate surface area is 626 Å². The summed E-state index contributed by atoms with van der Waals surface area (Å²) in [5, 5.41) is 9.29. The second kappa shape index (κ2) is 61.7. The molecule has 1 rings (SSSR count). The average Bonchev–Trinajstić information content (AvgIpc) is 0.692. The molecule has 13 nitrogen and oxygen atoms in total. The van der Waals surface area contributed by atoms with E-state index in [0.717, 1.165) is 225 Å². The molecule has 0 saturated heterocycles. The van der Waals surface area contributed by atoms with Crippen LogP contribution in [0.2, 0.25) is 0 Å². The molecule has 0 spiro atoms. The zero-order chi connectivity index (χ0) is 74.7. The summed E-state index contributed by atoms with van der Waals surface area (Å²) in [7, 11) is -31.6. The van der Waals surface area contributed by atoms with Crippen molar-refractivity contribution in [3.8, 4) is 0 Å². The van der Waals surface area contributed by atoms with Gasteiger partial charge in [-0.25, -0.2) is 50.5 Å². The lowest BCUT2D eigenvalue weighted by molar-refractivity contribution is 0.282. The fraction of sp³-hybridized carbons (Fsp3) is 0.927. The van der Waals surface area contributed by atoms with E-state index in [0.29, 0.717) is 83.5 Å². The van der Waals surface area contributed by atoms with E-state index in [1.807, 2.05) is 0 Å². The number of aliphatic hydroxyl groups is 1. The summed E-state index contributed by atoms with van der Waals surface area (Å²) in [5.74, 6) is -4.80. The van der Waals surface area contributed by atoms with Gasteiger partial charge in [0.05, 0.1) is 34.5 Å². The number of aliphatic hydroxyl groups excluding tert-OH is 1. The minimum atomic E-state index is -5.27. The quantitative estimate of drug-likeness (QED) is 0.0600. The predicted octanol–water partition coefficient (Wildman–Crippen LogP) is 24.4. The first kappa shape index (κ1) is 97.9. The van der Waals surface area contributed by atoms with E-state index in [4.69, 9.17) is 0 Å². The summed E-state index contributed by atoms with van der Waals surface area (Å²) in [6, 6.07) is 0. The number of benzene rings is 1. The van der Waals surface area contributed by atoms with Crippen molar-refractivity contribution in [1.29, 1.82) is 0 Å². The van der Waals surface area contributed by atoms with Crippen LogP contribution in [-0.4, -0.2) is 96.7 Å². The Hall–Kier alpha value is -1.12. The van der Waals surface area contributed by atoms with E-state index < -0.39 is 123 Å². The minimum Gasteiger partial charge on any atom is -0.396 e. The molecule has 0 amide bonds. The van der Waals surface area contributed by atoms with Crippen LogP contribution in [-0.2, 0) is 59.0 Å². The molecule has 600 valence electrons.